The number of amides is 1. The lowest BCUT2D eigenvalue weighted by Crippen LogP contribution is -2.32. The Bertz CT molecular complexity index is 890. The largest absolute Gasteiger partial charge is 0.507 e. The Morgan fingerprint density at radius 3 is 2.30 bits per heavy atom. The highest BCUT2D eigenvalue weighted by Gasteiger charge is 2.45. The van der Waals surface area contributed by atoms with Crippen molar-refractivity contribution in [3.63, 3.8) is 0 Å². The third-order valence-corrected chi connectivity index (χ3v) is 4.96. The zero-order valence-electron chi connectivity index (χ0n) is 14.6. The smallest absolute Gasteiger partial charge is 0.295 e. The molecule has 2 aromatic carbocycles. The number of likely N-dealkylation sites (tertiary alicyclic amines) is 1. The summed E-state index contributed by atoms with van der Waals surface area (Å²) in [6, 6.07) is 12.9. The molecule has 0 aliphatic carbocycles. The molecule has 7 heteroatoms. The molecule has 27 heavy (non-hydrogen) atoms. The molecule has 2 N–H and O–H groups in total. The number of ether oxygens (including phenoxy) is 1. The quantitative estimate of drug-likeness (QED) is 0.431. The average molecular weight is 432 g/mol. The molecule has 0 unspecified atom stereocenters. The number of carbonyl (C=O) groups excluding carboxylic acids is 2. The van der Waals surface area contributed by atoms with Gasteiger partial charge in [-0.05, 0) is 29.8 Å². The van der Waals surface area contributed by atoms with Gasteiger partial charge in [0.1, 0.15) is 11.5 Å². The lowest BCUT2D eigenvalue weighted by atomic mass is 9.95. The van der Waals surface area contributed by atoms with Crippen molar-refractivity contribution >= 4 is 33.4 Å². The number of carbonyl (C=O) groups is 2. The summed E-state index contributed by atoms with van der Waals surface area (Å²) in [6.07, 6.45) is 0. The molecule has 1 atom stereocenters. The van der Waals surface area contributed by atoms with Crippen LogP contribution in [0, 0.1) is 0 Å². The Morgan fingerprint density at radius 2 is 1.74 bits per heavy atom. The van der Waals surface area contributed by atoms with Gasteiger partial charge in [0.05, 0.1) is 25.3 Å². The summed E-state index contributed by atoms with van der Waals surface area (Å²) < 4.78 is 5.98. The second-order valence-electron chi connectivity index (χ2n) is 6.00. The normalized spacial score (nSPS) is 18.8. The van der Waals surface area contributed by atoms with E-state index in [1.54, 1.807) is 55.6 Å². The molecular weight excluding hydrogens is 414 g/mol. The molecule has 3 rings (SSSR count). The highest BCUT2D eigenvalue weighted by atomic mass is 79.9. The van der Waals surface area contributed by atoms with Crippen LogP contribution in [-0.2, 0) is 9.59 Å². The van der Waals surface area contributed by atoms with E-state index in [2.05, 4.69) is 15.9 Å². The average Bonchev–Trinajstić information content (AvgIpc) is 2.93. The van der Waals surface area contributed by atoms with E-state index in [1.165, 1.54) is 4.90 Å². The molecule has 1 saturated heterocycles. The van der Waals surface area contributed by atoms with Crippen molar-refractivity contribution in [3.8, 4) is 5.75 Å². The summed E-state index contributed by atoms with van der Waals surface area (Å²) in [5.41, 5.74) is 1.07. The minimum Gasteiger partial charge on any atom is -0.507 e. The maximum atomic E-state index is 12.7. The predicted molar refractivity (Wildman–Crippen MR) is 103 cm³/mol. The molecule has 1 aliphatic heterocycles. The first-order valence-electron chi connectivity index (χ1n) is 8.27. The van der Waals surface area contributed by atoms with Crippen molar-refractivity contribution in [1.29, 1.82) is 0 Å². The van der Waals surface area contributed by atoms with E-state index < -0.39 is 17.7 Å². The number of ketones is 1. The second-order valence-corrected chi connectivity index (χ2v) is 6.91. The van der Waals surface area contributed by atoms with Gasteiger partial charge in [0.15, 0.2) is 0 Å². The lowest BCUT2D eigenvalue weighted by Gasteiger charge is -2.24. The van der Waals surface area contributed by atoms with Gasteiger partial charge < -0.3 is 19.8 Å². The minimum atomic E-state index is -0.785. The Morgan fingerprint density at radius 1 is 1.11 bits per heavy atom. The van der Waals surface area contributed by atoms with Crippen LogP contribution in [0.5, 0.6) is 5.75 Å². The fraction of sp³-hybridized carbons (Fsp3) is 0.200. The fourth-order valence-corrected chi connectivity index (χ4v) is 3.38. The summed E-state index contributed by atoms with van der Waals surface area (Å²) in [5.74, 6) is -1.14. The zero-order chi connectivity index (χ0) is 19.6. The number of Topliss-reactive ketones (excluding diaryl/α,β-unsaturated/α-hetero) is 1. The van der Waals surface area contributed by atoms with E-state index in [9.17, 15) is 19.8 Å². The van der Waals surface area contributed by atoms with E-state index in [4.69, 9.17) is 4.74 Å². The molecule has 0 saturated carbocycles. The number of aliphatic hydroxyl groups excluding tert-OH is 2. The molecule has 0 radical (unpaired) electrons. The van der Waals surface area contributed by atoms with E-state index >= 15 is 0 Å². The van der Waals surface area contributed by atoms with Crippen LogP contribution in [0.2, 0.25) is 0 Å². The summed E-state index contributed by atoms with van der Waals surface area (Å²) in [6.45, 7) is -0.309. The zero-order valence-corrected chi connectivity index (χ0v) is 16.1. The standard InChI is InChI=1S/C20H18BrNO5/c1-27-15-8-4-12(5-9-15)17-16(19(25)20(26)22(17)10-11-23)18(24)13-2-6-14(21)7-3-13/h2-9,17,23-24H,10-11H2,1H3/t17-/m0/s1. The Kier molecular flexibility index (Phi) is 5.62. The topological polar surface area (TPSA) is 87.1 Å². The van der Waals surface area contributed by atoms with Crippen molar-refractivity contribution in [2.24, 2.45) is 0 Å². The number of halogens is 1. The molecule has 0 spiro atoms. The Labute approximate surface area is 164 Å². The summed E-state index contributed by atoms with van der Waals surface area (Å²) >= 11 is 3.33. The molecule has 1 amide bonds. The first kappa shape index (κ1) is 19.1. The van der Waals surface area contributed by atoms with Crippen molar-refractivity contribution < 1.29 is 24.5 Å². The number of hydrogen-bond donors (Lipinski definition) is 2. The number of aliphatic hydroxyl groups is 2. The monoisotopic (exact) mass is 431 g/mol. The molecule has 0 aromatic heterocycles. The van der Waals surface area contributed by atoms with Crippen LogP contribution >= 0.6 is 15.9 Å². The van der Waals surface area contributed by atoms with Crippen LogP contribution in [0.4, 0.5) is 0 Å². The van der Waals surface area contributed by atoms with Gasteiger partial charge >= 0.3 is 0 Å². The van der Waals surface area contributed by atoms with E-state index in [0.717, 1.165) is 4.47 Å². The van der Waals surface area contributed by atoms with Gasteiger partial charge in [0.2, 0.25) is 0 Å². The van der Waals surface area contributed by atoms with Gasteiger partial charge in [-0.1, -0.05) is 40.2 Å². The molecular formula is C20H18BrNO5. The maximum absolute atomic E-state index is 12.7. The second kappa shape index (κ2) is 7.94. The molecule has 1 fully saturated rings. The summed E-state index contributed by atoms with van der Waals surface area (Å²) in [4.78, 5) is 26.4. The number of methoxy groups -OCH3 is 1. The molecule has 1 aliphatic rings. The van der Waals surface area contributed by atoms with E-state index in [-0.39, 0.29) is 24.5 Å². The summed E-state index contributed by atoms with van der Waals surface area (Å²) in [5, 5.41) is 20.1. The van der Waals surface area contributed by atoms with Gasteiger partial charge in [0, 0.05) is 16.6 Å². The van der Waals surface area contributed by atoms with Gasteiger partial charge in [-0.15, -0.1) is 0 Å². The first-order chi connectivity index (χ1) is 13.0. The maximum Gasteiger partial charge on any atom is 0.295 e. The number of nitrogens with zero attached hydrogens (tertiary/aromatic N) is 1. The van der Waals surface area contributed by atoms with Gasteiger partial charge in [-0.2, -0.15) is 0 Å². The highest BCUT2D eigenvalue weighted by molar-refractivity contribution is 9.10. The number of β-amino-alcohol motifs (C(OH)–C–C–N with tert-alkyl or cyclic N) is 1. The van der Waals surface area contributed by atoms with Crippen molar-refractivity contribution in [2.45, 2.75) is 6.04 Å². The Hall–Kier alpha value is -2.64. The molecule has 2 aromatic rings. The highest BCUT2D eigenvalue weighted by Crippen LogP contribution is 2.39. The van der Waals surface area contributed by atoms with Crippen LogP contribution in [0.15, 0.2) is 58.6 Å². The van der Waals surface area contributed by atoms with E-state index in [0.29, 0.717) is 16.9 Å². The lowest BCUT2D eigenvalue weighted by molar-refractivity contribution is -0.140. The van der Waals surface area contributed by atoms with Crippen molar-refractivity contribution in [1.82, 2.24) is 4.90 Å². The molecule has 6 nitrogen and oxygen atoms in total. The van der Waals surface area contributed by atoms with Crippen molar-refractivity contribution in [2.75, 3.05) is 20.3 Å². The van der Waals surface area contributed by atoms with Crippen LogP contribution in [-0.4, -0.2) is 47.1 Å². The SMILES string of the molecule is COc1ccc([C@H]2C(=C(O)c3ccc(Br)cc3)C(=O)C(=O)N2CCO)cc1. The Balaban J connectivity index is 2.15. The van der Waals surface area contributed by atoms with Gasteiger partial charge in [0.25, 0.3) is 11.7 Å². The van der Waals surface area contributed by atoms with Crippen molar-refractivity contribution in [3.05, 3.63) is 69.7 Å². The van der Waals surface area contributed by atoms with Gasteiger partial charge in [-0.25, -0.2) is 0 Å². The van der Waals surface area contributed by atoms with Crippen LogP contribution < -0.4 is 4.74 Å². The van der Waals surface area contributed by atoms with Crippen LogP contribution in [0.3, 0.4) is 0 Å². The van der Waals surface area contributed by atoms with Crippen LogP contribution in [0.25, 0.3) is 5.76 Å². The van der Waals surface area contributed by atoms with E-state index in [1.807, 2.05) is 0 Å². The van der Waals surface area contributed by atoms with Gasteiger partial charge in [-0.3, -0.25) is 9.59 Å². The fourth-order valence-electron chi connectivity index (χ4n) is 3.11. The molecule has 1 heterocycles. The molecule has 140 valence electrons. The summed E-state index contributed by atoms with van der Waals surface area (Å²) in [7, 11) is 1.54. The first-order valence-corrected chi connectivity index (χ1v) is 9.06. The minimum absolute atomic E-state index is 0.000870. The predicted octanol–water partition coefficient (Wildman–Crippen LogP) is 2.87. The van der Waals surface area contributed by atoms with Crippen LogP contribution in [0.1, 0.15) is 17.2 Å². The number of hydrogen-bond acceptors (Lipinski definition) is 5. The third kappa shape index (κ3) is 3.61. The third-order valence-electron chi connectivity index (χ3n) is 4.43. The molecule has 0 bridgehead atoms. The number of rotatable bonds is 5. The number of benzene rings is 2.